The van der Waals surface area contributed by atoms with Gasteiger partial charge in [0.25, 0.3) is 6.71 Å². The van der Waals surface area contributed by atoms with Crippen LogP contribution in [0.1, 0.15) is 105 Å². The number of rotatable bonds is 6. The summed E-state index contributed by atoms with van der Waals surface area (Å²) in [5.41, 5.74) is 22.9. The van der Waals surface area contributed by atoms with E-state index in [9.17, 15) is 0 Å². The Morgan fingerprint density at radius 1 is 0.360 bits per heavy atom. The number of hydrogen-bond donors (Lipinski definition) is 0. The minimum atomic E-state index is -0.0995. The Hall–Kier alpha value is -7.76. The molecule has 3 heterocycles. The fourth-order valence-electron chi connectivity index (χ4n) is 11.8. The van der Waals surface area contributed by atoms with Gasteiger partial charge < -0.3 is 19.1 Å². The molecular formula is C70H68BN3O. The quantitative estimate of drug-likeness (QED) is 0.155. The summed E-state index contributed by atoms with van der Waals surface area (Å²) in [5, 5.41) is 2.27. The van der Waals surface area contributed by atoms with Gasteiger partial charge in [-0.1, -0.05) is 210 Å². The van der Waals surface area contributed by atoms with Crippen molar-refractivity contribution in [3.8, 4) is 11.1 Å². The molecule has 1 aromatic heterocycles. The molecule has 5 heteroatoms. The number of fused-ring (bicyclic) bond motifs is 7. The molecule has 12 rings (SSSR count). The Kier molecular flexibility index (Phi) is 11.2. The van der Waals surface area contributed by atoms with Crippen LogP contribution >= 0.6 is 0 Å². The van der Waals surface area contributed by atoms with E-state index < -0.39 is 0 Å². The molecule has 0 fully saturated rings. The van der Waals surface area contributed by atoms with Crippen molar-refractivity contribution in [3.63, 3.8) is 0 Å². The predicted molar refractivity (Wildman–Crippen MR) is 323 cm³/mol. The molecule has 0 saturated carbocycles. The SMILES string of the molecule is CC(C)(C)c1ccc(N2c3ccc(C(C)(C)C)cc3B3c4cc(C(C)(C)C)ccc4N(c4ccccc4-c4cccc5c4oc4c(C(C)(C)C)cccc45)c4cc(N(c5ccccc5)c5ccccc5)cc2c43)cc1. The Morgan fingerprint density at radius 2 is 0.840 bits per heavy atom. The van der Waals surface area contributed by atoms with Crippen molar-refractivity contribution in [3.05, 3.63) is 216 Å². The van der Waals surface area contributed by atoms with Crippen molar-refractivity contribution in [1.82, 2.24) is 0 Å². The van der Waals surface area contributed by atoms with Crippen LogP contribution in [0.4, 0.5) is 51.2 Å². The molecule has 0 N–H and O–H groups in total. The van der Waals surface area contributed by atoms with E-state index in [0.29, 0.717) is 0 Å². The average molecular weight is 978 g/mol. The minimum Gasteiger partial charge on any atom is -0.455 e. The zero-order valence-corrected chi connectivity index (χ0v) is 45.8. The Bertz CT molecular complexity index is 3780. The maximum Gasteiger partial charge on any atom is 0.252 e. The summed E-state index contributed by atoms with van der Waals surface area (Å²) < 4.78 is 7.18. The summed E-state index contributed by atoms with van der Waals surface area (Å²) in [6.07, 6.45) is 0. The zero-order chi connectivity index (χ0) is 52.3. The van der Waals surface area contributed by atoms with Crippen molar-refractivity contribution >= 4 is 96.2 Å². The molecule has 9 aromatic carbocycles. The lowest BCUT2D eigenvalue weighted by Gasteiger charge is -2.46. The minimum absolute atomic E-state index is 0.0000631. The number of benzene rings is 9. The lowest BCUT2D eigenvalue weighted by atomic mass is 9.33. The van der Waals surface area contributed by atoms with Gasteiger partial charge in [-0.25, -0.2) is 0 Å². The third kappa shape index (κ3) is 8.14. The monoisotopic (exact) mass is 978 g/mol. The lowest BCUT2D eigenvalue weighted by Crippen LogP contribution is -2.61. The van der Waals surface area contributed by atoms with Crippen molar-refractivity contribution < 1.29 is 4.42 Å². The van der Waals surface area contributed by atoms with E-state index in [2.05, 4.69) is 292 Å². The molecule has 0 radical (unpaired) electrons. The fraction of sp³-hybridized carbons (Fsp3) is 0.229. The molecule has 75 heavy (non-hydrogen) atoms. The number of furan rings is 1. The first-order chi connectivity index (χ1) is 35.8. The van der Waals surface area contributed by atoms with Crippen molar-refractivity contribution in [1.29, 1.82) is 0 Å². The molecule has 10 aromatic rings. The number of hydrogen-bond acceptors (Lipinski definition) is 4. The van der Waals surface area contributed by atoms with Crippen LogP contribution in [0.15, 0.2) is 199 Å². The number of para-hydroxylation sites is 5. The first-order valence-corrected chi connectivity index (χ1v) is 26.9. The molecule has 2 aliphatic heterocycles. The van der Waals surface area contributed by atoms with Gasteiger partial charge in [0.05, 0.1) is 11.4 Å². The summed E-state index contributed by atoms with van der Waals surface area (Å²) in [6, 6.07) is 72.9. The van der Waals surface area contributed by atoms with Gasteiger partial charge in [0, 0.05) is 67.3 Å². The van der Waals surface area contributed by atoms with E-state index in [1.807, 2.05) is 0 Å². The molecule has 0 amide bonds. The van der Waals surface area contributed by atoms with E-state index in [0.717, 1.165) is 72.9 Å². The summed E-state index contributed by atoms with van der Waals surface area (Å²) in [4.78, 5) is 7.58. The van der Waals surface area contributed by atoms with E-state index in [-0.39, 0.29) is 28.4 Å². The normalized spacial score (nSPS) is 13.5. The Labute approximate surface area is 445 Å². The first kappa shape index (κ1) is 48.2. The first-order valence-electron chi connectivity index (χ1n) is 26.9. The number of anilines is 9. The van der Waals surface area contributed by atoms with Crippen LogP contribution in [0.25, 0.3) is 33.1 Å². The third-order valence-corrected chi connectivity index (χ3v) is 15.8. The second kappa shape index (κ2) is 17.4. The smallest absolute Gasteiger partial charge is 0.252 e. The van der Waals surface area contributed by atoms with Gasteiger partial charge in [-0.05, 0) is 121 Å². The van der Waals surface area contributed by atoms with Crippen molar-refractivity contribution in [2.75, 3.05) is 14.7 Å². The van der Waals surface area contributed by atoms with Crippen LogP contribution < -0.4 is 31.1 Å². The van der Waals surface area contributed by atoms with E-state index in [1.165, 1.54) is 50.0 Å². The molecule has 0 saturated heterocycles. The highest BCUT2D eigenvalue weighted by atomic mass is 16.3. The summed E-state index contributed by atoms with van der Waals surface area (Å²) >= 11 is 0. The summed E-state index contributed by atoms with van der Waals surface area (Å²) in [6.45, 7) is 27.7. The maximum atomic E-state index is 7.18. The second-order valence-corrected chi connectivity index (χ2v) is 25.1. The van der Waals surface area contributed by atoms with Crippen LogP contribution in [-0.2, 0) is 21.7 Å². The van der Waals surface area contributed by atoms with Gasteiger partial charge in [0.15, 0.2) is 0 Å². The molecule has 0 spiro atoms. The lowest BCUT2D eigenvalue weighted by molar-refractivity contribution is 0.573. The Morgan fingerprint density at radius 3 is 1.40 bits per heavy atom. The van der Waals surface area contributed by atoms with Gasteiger partial charge in [-0.2, -0.15) is 0 Å². The van der Waals surface area contributed by atoms with E-state index >= 15 is 0 Å². The highest BCUT2D eigenvalue weighted by molar-refractivity contribution is 7.00. The standard InChI is InChI=1S/C70H68BN3O/c1-67(2,3)45-33-37-50(38-34-45)73-60-39-35-46(68(4,5)6)41-57(60)71-58-42-47(69(7,8)9)36-40-61(58)74(63-44-51(43-62(73)64(63)71)72(48-23-15-13-16-24-48)49-25-17-14-18-26-49)59-32-20-19-27-52(59)53-28-21-29-54-55-30-22-31-56(70(10,11)12)66(55)75-65(53)54/h13-44H,1-12H3. The van der Waals surface area contributed by atoms with Gasteiger partial charge in [0.1, 0.15) is 11.2 Å². The Balaban J connectivity index is 1.22. The summed E-state index contributed by atoms with van der Waals surface area (Å²) in [5.74, 6) is 0. The topological polar surface area (TPSA) is 22.9 Å². The van der Waals surface area contributed by atoms with E-state index in [4.69, 9.17) is 4.42 Å². The predicted octanol–water partition coefficient (Wildman–Crippen LogP) is 18.0. The molecule has 0 unspecified atom stereocenters. The van der Waals surface area contributed by atoms with Gasteiger partial charge in [-0.3, -0.25) is 0 Å². The molecule has 0 bridgehead atoms. The van der Waals surface area contributed by atoms with Crippen LogP contribution in [0, 0.1) is 0 Å². The zero-order valence-electron chi connectivity index (χ0n) is 45.8. The van der Waals surface area contributed by atoms with Gasteiger partial charge in [0.2, 0.25) is 0 Å². The highest BCUT2D eigenvalue weighted by Crippen LogP contribution is 2.51. The van der Waals surface area contributed by atoms with Gasteiger partial charge in [-0.15, -0.1) is 0 Å². The van der Waals surface area contributed by atoms with Crippen molar-refractivity contribution in [2.24, 2.45) is 0 Å². The molecule has 4 nitrogen and oxygen atoms in total. The average Bonchev–Trinajstić information content (AvgIpc) is 3.78. The van der Waals surface area contributed by atoms with Gasteiger partial charge >= 0.3 is 0 Å². The van der Waals surface area contributed by atoms with Crippen LogP contribution in [0.5, 0.6) is 0 Å². The molecule has 2 aliphatic rings. The third-order valence-electron chi connectivity index (χ3n) is 15.8. The highest BCUT2D eigenvalue weighted by Gasteiger charge is 2.45. The van der Waals surface area contributed by atoms with Crippen LogP contribution in [0.2, 0.25) is 0 Å². The maximum absolute atomic E-state index is 7.18. The fourth-order valence-corrected chi connectivity index (χ4v) is 11.8. The second-order valence-electron chi connectivity index (χ2n) is 25.1. The molecule has 0 atom stereocenters. The molecule has 0 aliphatic carbocycles. The number of nitrogens with zero attached hydrogens (tertiary/aromatic N) is 3. The van der Waals surface area contributed by atoms with Crippen LogP contribution in [-0.4, -0.2) is 6.71 Å². The van der Waals surface area contributed by atoms with Crippen LogP contribution in [0.3, 0.4) is 0 Å². The molecular weight excluding hydrogens is 910 g/mol. The van der Waals surface area contributed by atoms with E-state index in [1.54, 1.807) is 0 Å². The summed E-state index contributed by atoms with van der Waals surface area (Å²) in [7, 11) is 0. The largest absolute Gasteiger partial charge is 0.455 e. The molecule has 372 valence electrons. The van der Waals surface area contributed by atoms with Crippen molar-refractivity contribution in [2.45, 2.75) is 105 Å².